The van der Waals surface area contributed by atoms with Gasteiger partial charge in [0, 0.05) is 69.2 Å². The molecule has 0 spiro atoms. The molecule has 186 valence electrons. The zero-order chi connectivity index (χ0) is 24.8. The maximum atomic E-state index is 13.2. The average molecular weight is 486 g/mol. The number of benzene rings is 2. The number of carbonyl (C=O) groups excluding carboxylic acids is 2. The van der Waals surface area contributed by atoms with Gasteiger partial charge >= 0.3 is 0 Å². The van der Waals surface area contributed by atoms with E-state index < -0.39 is 6.10 Å². The van der Waals surface area contributed by atoms with E-state index in [1.165, 1.54) is 11.1 Å². The number of hydrogen-bond acceptors (Lipinski definition) is 5. The molecule has 1 aromatic heterocycles. The second-order valence-corrected chi connectivity index (χ2v) is 10.2. The molecule has 3 aliphatic rings. The van der Waals surface area contributed by atoms with Crippen molar-refractivity contribution in [1.82, 2.24) is 24.5 Å². The number of aryl methyl sites for hydroxylation is 1. The highest BCUT2D eigenvalue weighted by atomic mass is 16.3. The van der Waals surface area contributed by atoms with Crippen LogP contribution in [0, 0.1) is 0 Å². The lowest BCUT2D eigenvalue weighted by atomic mass is 9.95. The van der Waals surface area contributed by atoms with Gasteiger partial charge in [-0.15, -0.1) is 0 Å². The van der Waals surface area contributed by atoms with E-state index in [1.807, 2.05) is 19.3 Å². The molecule has 1 atom stereocenters. The number of aromatic nitrogens is 2. The van der Waals surface area contributed by atoms with Gasteiger partial charge in [-0.25, -0.2) is 0 Å². The molecular weight excluding hydrogens is 454 g/mol. The highest BCUT2D eigenvalue weighted by Crippen LogP contribution is 2.26. The first-order valence-corrected chi connectivity index (χ1v) is 12.6. The normalized spacial score (nSPS) is 18.1. The third kappa shape index (κ3) is 4.31. The molecule has 6 rings (SSSR count). The van der Waals surface area contributed by atoms with Crippen LogP contribution in [0.5, 0.6) is 0 Å². The summed E-state index contributed by atoms with van der Waals surface area (Å²) in [4.78, 5) is 32.1. The Labute approximate surface area is 210 Å². The van der Waals surface area contributed by atoms with Gasteiger partial charge < -0.3 is 14.9 Å². The number of carbonyl (C=O) groups is 2. The largest absolute Gasteiger partial charge is 0.390 e. The molecule has 2 amide bonds. The monoisotopic (exact) mass is 485 g/mol. The van der Waals surface area contributed by atoms with Gasteiger partial charge in [-0.05, 0) is 47.7 Å². The van der Waals surface area contributed by atoms with Crippen molar-refractivity contribution >= 4 is 11.8 Å². The summed E-state index contributed by atoms with van der Waals surface area (Å²) in [6.07, 6.45) is 3.02. The van der Waals surface area contributed by atoms with Crippen LogP contribution in [-0.2, 0) is 39.5 Å². The predicted molar refractivity (Wildman–Crippen MR) is 134 cm³/mol. The smallest absolute Gasteiger partial charge is 0.254 e. The van der Waals surface area contributed by atoms with Gasteiger partial charge in [0.05, 0.1) is 18.3 Å². The molecule has 3 aliphatic heterocycles. The quantitative estimate of drug-likeness (QED) is 0.598. The van der Waals surface area contributed by atoms with Crippen LogP contribution in [0.15, 0.2) is 48.7 Å². The molecule has 0 saturated carbocycles. The van der Waals surface area contributed by atoms with E-state index in [0.717, 1.165) is 36.3 Å². The molecule has 2 aromatic carbocycles. The third-order valence-corrected chi connectivity index (χ3v) is 7.61. The van der Waals surface area contributed by atoms with Gasteiger partial charge in [0.2, 0.25) is 0 Å². The molecule has 36 heavy (non-hydrogen) atoms. The van der Waals surface area contributed by atoms with Gasteiger partial charge in [-0.2, -0.15) is 5.10 Å². The highest BCUT2D eigenvalue weighted by molar-refractivity contribution is 6.00. The summed E-state index contributed by atoms with van der Waals surface area (Å²) in [7, 11) is 1.89. The van der Waals surface area contributed by atoms with Gasteiger partial charge in [-0.3, -0.25) is 19.2 Å². The number of aliphatic hydroxyl groups excluding tert-OH is 1. The fourth-order valence-electron chi connectivity index (χ4n) is 5.78. The molecule has 4 heterocycles. The first-order chi connectivity index (χ1) is 17.4. The van der Waals surface area contributed by atoms with Crippen LogP contribution in [0.1, 0.15) is 48.7 Å². The lowest BCUT2D eigenvalue weighted by molar-refractivity contribution is 0.0492. The van der Waals surface area contributed by atoms with Crippen LogP contribution in [0.4, 0.5) is 0 Å². The van der Waals surface area contributed by atoms with Crippen molar-refractivity contribution in [3.63, 3.8) is 0 Å². The highest BCUT2D eigenvalue weighted by Gasteiger charge is 2.30. The maximum absolute atomic E-state index is 13.2. The van der Waals surface area contributed by atoms with Crippen molar-refractivity contribution in [1.29, 1.82) is 0 Å². The minimum absolute atomic E-state index is 0.0353. The van der Waals surface area contributed by atoms with Gasteiger partial charge in [0.1, 0.15) is 0 Å². The second-order valence-electron chi connectivity index (χ2n) is 10.2. The Balaban J connectivity index is 1.07. The van der Waals surface area contributed by atoms with Crippen molar-refractivity contribution in [2.24, 2.45) is 7.05 Å². The van der Waals surface area contributed by atoms with Crippen molar-refractivity contribution in [2.45, 2.75) is 38.6 Å². The Morgan fingerprint density at radius 1 is 0.972 bits per heavy atom. The molecule has 1 N–H and O–H groups in total. The van der Waals surface area contributed by atoms with E-state index in [2.05, 4.69) is 34.3 Å². The van der Waals surface area contributed by atoms with E-state index in [1.54, 1.807) is 26.6 Å². The summed E-state index contributed by atoms with van der Waals surface area (Å²) in [5.41, 5.74) is 6.87. The van der Waals surface area contributed by atoms with E-state index in [-0.39, 0.29) is 11.8 Å². The minimum Gasteiger partial charge on any atom is -0.390 e. The van der Waals surface area contributed by atoms with Crippen LogP contribution in [-0.4, -0.2) is 73.7 Å². The maximum Gasteiger partial charge on any atom is 0.254 e. The molecule has 8 heteroatoms. The van der Waals surface area contributed by atoms with Crippen molar-refractivity contribution in [2.75, 3.05) is 26.2 Å². The molecule has 3 aromatic rings. The molecular formula is C28H31N5O3. The SMILES string of the molecule is Cn1cc2c(n1)CN(C(=O)c1ccc3c(c1)CCN(CC(O)CN1CCc4ccccc4C1)C3=O)C2. The lowest BCUT2D eigenvalue weighted by Crippen LogP contribution is -2.46. The first kappa shape index (κ1) is 22.9. The number of aliphatic hydroxyl groups is 1. The van der Waals surface area contributed by atoms with Crippen molar-refractivity contribution in [3.8, 4) is 0 Å². The van der Waals surface area contributed by atoms with Gasteiger partial charge in [0.15, 0.2) is 0 Å². The van der Waals surface area contributed by atoms with E-state index in [9.17, 15) is 14.7 Å². The Morgan fingerprint density at radius 2 is 1.78 bits per heavy atom. The summed E-state index contributed by atoms with van der Waals surface area (Å²) >= 11 is 0. The Hall–Kier alpha value is -3.49. The average Bonchev–Trinajstić information content (AvgIpc) is 3.42. The fourth-order valence-corrected chi connectivity index (χ4v) is 5.78. The van der Waals surface area contributed by atoms with Crippen LogP contribution in [0.3, 0.4) is 0 Å². The summed E-state index contributed by atoms with van der Waals surface area (Å²) < 4.78 is 1.78. The van der Waals surface area contributed by atoms with Crippen LogP contribution >= 0.6 is 0 Å². The molecule has 0 radical (unpaired) electrons. The number of amides is 2. The molecule has 0 fully saturated rings. The summed E-state index contributed by atoms with van der Waals surface area (Å²) in [5.74, 6) is -0.108. The predicted octanol–water partition coefficient (Wildman–Crippen LogP) is 1.99. The Morgan fingerprint density at radius 3 is 2.61 bits per heavy atom. The number of nitrogens with zero attached hydrogens (tertiary/aromatic N) is 5. The molecule has 0 bridgehead atoms. The number of hydrogen-bond donors (Lipinski definition) is 1. The van der Waals surface area contributed by atoms with E-state index in [4.69, 9.17) is 0 Å². The third-order valence-electron chi connectivity index (χ3n) is 7.61. The second kappa shape index (κ2) is 9.19. The number of rotatable bonds is 5. The first-order valence-electron chi connectivity index (χ1n) is 12.6. The van der Waals surface area contributed by atoms with E-state index in [0.29, 0.717) is 50.3 Å². The Kier molecular flexibility index (Phi) is 5.85. The van der Waals surface area contributed by atoms with Crippen LogP contribution < -0.4 is 0 Å². The topological polar surface area (TPSA) is 81.9 Å². The zero-order valence-electron chi connectivity index (χ0n) is 20.6. The van der Waals surface area contributed by atoms with Gasteiger partial charge in [0.25, 0.3) is 11.8 Å². The number of β-amino-alcohol motifs (C(OH)–C–C–N with tert-alkyl or cyclic N) is 1. The fraction of sp³-hybridized carbons (Fsp3) is 0.393. The zero-order valence-corrected chi connectivity index (χ0v) is 20.6. The van der Waals surface area contributed by atoms with Crippen LogP contribution in [0.2, 0.25) is 0 Å². The molecule has 0 saturated heterocycles. The molecule has 8 nitrogen and oxygen atoms in total. The lowest BCUT2D eigenvalue weighted by Gasteiger charge is -2.34. The molecule has 1 unspecified atom stereocenters. The summed E-state index contributed by atoms with van der Waals surface area (Å²) in [5, 5.41) is 15.2. The standard InChI is InChI=1S/C28H31N5O3/c1-30-13-23-15-33(18-26(23)29-30)27(35)21-6-7-25-20(12-21)9-11-32(28(25)36)17-24(34)16-31-10-8-19-4-2-3-5-22(19)14-31/h2-7,12-13,24,34H,8-11,14-18H2,1H3. The molecule has 0 aliphatic carbocycles. The van der Waals surface area contributed by atoms with E-state index >= 15 is 0 Å². The number of fused-ring (bicyclic) bond motifs is 3. The summed E-state index contributed by atoms with van der Waals surface area (Å²) in [6.45, 7) is 4.23. The van der Waals surface area contributed by atoms with Crippen molar-refractivity contribution in [3.05, 3.63) is 87.7 Å². The summed E-state index contributed by atoms with van der Waals surface area (Å²) in [6, 6.07) is 13.8. The van der Waals surface area contributed by atoms with Crippen LogP contribution in [0.25, 0.3) is 0 Å². The Bertz CT molecular complexity index is 1310. The minimum atomic E-state index is -0.604. The van der Waals surface area contributed by atoms with Crippen molar-refractivity contribution < 1.29 is 14.7 Å². The van der Waals surface area contributed by atoms with Gasteiger partial charge in [-0.1, -0.05) is 24.3 Å².